The Kier molecular flexibility index (Phi) is 4.40. The summed E-state index contributed by atoms with van der Waals surface area (Å²) in [7, 11) is 0. The van der Waals surface area contributed by atoms with E-state index in [0.717, 1.165) is 36.4 Å². The van der Waals surface area contributed by atoms with E-state index in [1.165, 1.54) is 0 Å². The Balaban J connectivity index is 1.59. The van der Waals surface area contributed by atoms with Crippen molar-refractivity contribution in [3.05, 3.63) is 58.6 Å². The molecule has 2 aromatic carbocycles. The highest BCUT2D eigenvalue weighted by molar-refractivity contribution is 6.30. The minimum absolute atomic E-state index is 0.208. The third-order valence-corrected chi connectivity index (χ3v) is 5.19. The fourth-order valence-corrected chi connectivity index (χ4v) is 3.83. The molecular formula is C20H21ClN2O2. The van der Waals surface area contributed by atoms with Gasteiger partial charge >= 0.3 is 5.97 Å². The van der Waals surface area contributed by atoms with Gasteiger partial charge in [-0.2, -0.15) is 0 Å². The summed E-state index contributed by atoms with van der Waals surface area (Å²) in [5.41, 5.74) is 3.08. The lowest BCUT2D eigenvalue weighted by atomic mass is 9.89. The van der Waals surface area contributed by atoms with Crippen LogP contribution in [0, 0.1) is 0 Å². The summed E-state index contributed by atoms with van der Waals surface area (Å²) >= 11 is 6.07. The first-order valence-corrected chi connectivity index (χ1v) is 9.06. The first-order valence-electron chi connectivity index (χ1n) is 8.68. The predicted octanol–water partition coefficient (Wildman–Crippen LogP) is 3.38. The molecule has 0 spiro atoms. The number of nitrogens with one attached hydrogen (secondary N) is 1. The van der Waals surface area contributed by atoms with Gasteiger partial charge < -0.3 is 15.0 Å². The zero-order valence-electron chi connectivity index (χ0n) is 14.2. The maximum absolute atomic E-state index is 12.5. The molecule has 2 aromatic rings. The van der Waals surface area contributed by atoms with Crippen molar-refractivity contribution < 1.29 is 9.53 Å². The summed E-state index contributed by atoms with van der Waals surface area (Å²) in [5, 5.41) is 4.08. The van der Waals surface area contributed by atoms with Crippen molar-refractivity contribution in [1.82, 2.24) is 5.32 Å². The summed E-state index contributed by atoms with van der Waals surface area (Å²) < 4.78 is 5.67. The van der Waals surface area contributed by atoms with Crippen molar-refractivity contribution in [2.24, 2.45) is 0 Å². The number of rotatable bonds is 2. The number of ether oxygens (including phenoxy) is 1. The molecule has 2 heterocycles. The number of anilines is 1. The largest absolute Gasteiger partial charge is 0.426 e. The van der Waals surface area contributed by atoms with Crippen molar-refractivity contribution in [2.75, 3.05) is 24.5 Å². The molecule has 1 fully saturated rings. The standard InChI is InChI=1S/C20H21ClN2O2/c1-13-12-23(8-7-22-13)17-6-5-15-10-18(20(24)25-19(15)11-17)14-3-2-4-16(21)9-14/h2-6,9,11,13,18,22H,7-8,10,12H2,1H3/t13-,18?/m0/s1. The van der Waals surface area contributed by atoms with E-state index < -0.39 is 0 Å². The van der Waals surface area contributed by atoms with Gasteiger partial charge in [0.15, 0.2) is 0 Å². The van der Waals surface area contributed by atoms with Crippen LogP contribution in [0.15, 0.2) is 42.5 Å². The molecule has 1 saturated heterocycles. The molecule has 2 aliphatic heterocycles. The van der Waals surface area contributed by atoms with Gasteiger partial charge in [0.2, 0.25) is 0 Å². The molecule has 4 nitrogen and oxygen atoms in total. The maximum Gasteiger partial charge on any atom is 0.319 e. The van der Waals surface area contributed by atoms with Gasteiger partial charge in [0.1, 0.15) is 5.75 Å². The quantitative estimate of drug-likeness (QED) is 0.661. The average molecular weight is 357 g/mol. The number of nitrogens with zero attached hydrogens (tertiary/aromatic N) is 1. The molecular weight excluding hydrogens is 336 g/mol. The van der Waals surface area contributed by atoms with Crippen LogP contribution in [0.25, 0.3) is 0 Å². The van der Waals surface area contributed by atoms with E-state index in [4.69, 9.17) is 16.3 Å². The van der Waals surface area contributed by atoms with Crippen LogP contribution in [0.4, 0.5) is 5.69 Å². The van der Waals surface area contributed by atoms with Gasteiger partial charge in [0, 0.05) is 42.5 Å². The average Bonchev–Trinajstić information content (AvgIpc) is 2.60. The third-order valence-electron chi connectivity index (χ3n) is 4.95. The summed E-state index contributed by atoms with van der Waals surface area (Å²) in [6.07, 6.45) is 0.646. The monoisotopic (exact) mass is 356 g/mol. The zero-order valence-corrected chi connectivity index (χ0v) is 14.9. The molecule has 0 bridgehead atoms. The molecule has 2 atom stereocenters. The first-order chi connectivity index (χ1) is 12.1. The van der Waals surface area contributed by atoms with Crippen LogP contribution >= 0.6 is 11.6 Å². The normalized spacial score (nSPS) is 23.1. The van der Waals surface area contributed by atoms with Gasteiger partial charge in [0.25, 0.3) is 0 Å². The minimum atomic E-state index is -0.295. The number of carbonyl (C=O) groups is 1. The Morgan fingerprint density at radius 2 is 2.12 bits per heavy atom. The number of hydrogen-bond donors (Lipinski definition) is 1. The Morgan fingerprint density at radius 3 is 2.92 bits per heavy atom. The van der Waals surface area contributed by atoms with Gasteiger partial charge in [0.05, 0.1) is 5.92 Å². The van der Waals surface area contributed by atoms with Gasteiger partial charge in [-0.15, -0.1) is 0 Å². The molecule has 2 aliphatic rings. The molecule has 0 saturated carbocycles. The number of piperazine rings is 1. The lowest BCUT2D eigenvalue weighted by molar-refractivity contribution is -0.137. The van der Waals surface area contributed by atoms with Crippen LogP contribution in [0.5, 0.6) is 5.75 Å². The number of hydrogen-bond acceptors (Lipinski definition) is 4. The van der Waals surface area contributed by atoms with E-state index >= 15 is 0 Å². The number of fused-ring (bicyclic) bond motifs is 1. The highest BCUT2D eigenvalue weighted by Gasteiger charge is 2.30. The van der Waals surface area contributed by atoms with Gasteiger partial charge in [-0.25, -0.2) is 0 Å². The molecule has 25 heavy (non-hydrogen) atoms. The SMILES string of the molecule is C[C@H]1CN(c2ccc3c(c2)OC(=O)C(c2cccc(Cl)c2)C3)CCN1. The van der Waals surface area contributed by atoms with E-state index in [0.29, 0.717) is 23.2 Å². The molecule has 5 heteroatoms. The lowest BCUT2D eigenvalue weighted by Gasteiger charge is -2.34. The summed E-state index contributed by atoms with van der Waals surface area (Å²) in [5.74, 6) is 0.184. The Labute approximate surface area is 152 Å². The molecule has 4 rings (SSSR count). The topological polar surface area (TPSA) is 41.6 Å². The Morgan fingerprint density at radius 1 is 1.24 bits per heavy atom. The fourth-order valence-electron chi connectivity index (χ4n) is 3.63. The van der Waals surface area contributed by atoms with Crippen molar-refractivity contribution in [2.45, 2.75) is 25.3 Å². The molecule has 0 amide bonds. The number of esters is 1. The van der Waals surface area contributed by atoms with Crippen molar-refractivity contribution >= 4 is 23.3 Å². The molecule has 0 aromatic heterocycles. The van der Waals surface area contributed by atoms with Crippen LogP contribution in [-0.4, -0.2) is 31.6 Å². The van der Waals surface area contributed by atoms with Crippen LogP contribution in [0.2, 0.25) is 5.02 Å². The number of benzene rings is 2. The van der Waals surface area contributed by atoms with Gasteiger partial charge in [-0.1, -0.05) is 29.8 Å². The van der Waals surface area contributed by atoms with Crippen molar-refractivity contribution in [3.63, 3.8) is 0 Å². The summed E-state index contributed by atoms with van der Waals surface area (Å²) in [6.45, 7) is 5.06. The molecule has 130 valence electrons. The second-order valence-electron chi connectivity index (χ2n) is 6.83. The number of halogens is 1. The van der Waals surface area contributed by atoms with E-state index in [2.05, 4.69) is 29.3 Å². The van der Waals surface area contributed by atoms with E-state index in [1.54, 1.807) is 0 Å². The lowest BCUT2D eigenvalue weighted by Crippen LogP contribution is -2.49. The van der Waals surface area contributed by atoms with E-state index in [9.17, 15) is 4.79 Å². The minimum Gasteiger partial charge on any atom is -0.426 e. The molecule has 1 unspecified atom stereocenters. The Bertz CT molecular complexity index is 808. The van der Waals surface area contributed by atoms with Crippen molar-refractivity contribution in [3.8, 4) is 5.75 Å². The van der Waals surface area contributed by atoms with Crippen LogP contribution in [0.1, 0.15) is 24.0 Å². The van der Waals surface area contributed by atoms with Crippen molar-refractivity contribution in [1.29, 1.82) is 0 Å². The highest BCUT2D eigenvalue weighted by atomic mass is 35.5. The maximum atomic E-state index is 12.5. The van der Waals surface area contributed by atoms with Crippen LogP contribution in [0.3, 0.4) is 0 Å². The Hall–Kier alpha value is -2.04. The second-order valence-corrected chi connectivity index (χ2v) is 7.26. The summed E-state index contributed by atoms with van der Waals surface area (Å²) in [6, 6.07) is 14.1. The fraction of sp³-hybridized carbons (Fsp3) is 0.350. The van der Waals surface area contributed by atoms with Crippen LogP contribution in [-0.2, 0) is 11.2 Å². The second kappa shape index (κ2) is 6.70. The molecule has 0 radical (unpaired) electrons. The summed E-state index contributed by atoms with van der Waals surface area (Å²) in [4.78, 5) is 14.9. The van der Waals surface area contributed by atoms with E-state index in [-0.39, 0.29) is 11.9 Å². The third kappa shape index (κ3) is 3.37. The number of carbonyl (C=O) groups excluding carboxylic acids is 1. The van der Waals surface area contributed by atoms with Gasteiger partial charge in [-0.05, 0) is 42.7 Å². The van der Waals surface area contributed by atoms with E-state index in [1.807, 2.05) is 30.3 Å². The predicted molar refractivity (Wildman–Crippen MR) is 99.7 cm³/mol. The molecule has 1 N–H and O–H groups in total. The smallest absolute Gasteiger partial charge is 0.319 e. The van der Waals surface area contributed by atoms with Gasteiger partial charge in [-0.3, -0.25) is 4.79 Å². The van der Waals surface area contributed by atoms with Crippen LogP contribution < -0.4 is 15.0 Å². The first kappa shape index (κ1) is 16.4. The highest BCUT2D eigenvalue weighted by Crippen LogP contribution is 2.36. The molecule has 0 aliphatic carbocycles. The zero-order chi connectivity index (χ0) is 17.4.